The Morgan fingerprint density at radius 2 is 1.28 bits per heavy atom. The van der Waals surface area contributed by atoms with Crippen molar-refractivity contribution in [3.63, 3.8) is 0 Å². The van der Waals surface area contributed by atoms with Crippen molar-refractivity contribution in [1.82, 2.24) is 0 Å². The minimum Gasteiger partial charge on any atom is -0.494 e. The second-order valence-electron chi connectivity index (χ2n) is 3.74. The summed E-state index contributed by atoms with van der Waals surface area (Å²) in [7, 11) is 0. The molecular weight excluding hydrogens is 224 g/mol. The summed E-state index contributed by atoms with van der Waals surface area (Å²) in [5.41, 5.74) is 1.92. The molecule has 0 aliphatic carbocycles. The molecule has 0 aliphatic heterocycles. The summed E-state index contributed by atoms with van der Waals surface area (Å²) < 4.78 is 11.0. The molecule has 0 aromatic heterocycles. The summed E-state index contributed by atoms with van der Waals surface area (Å²) in [6.45, 7) is 5.26. The van der Waals surface area contributed by atoms with Gasteiger partial charge in [0, 0.05) is 0 Å². The summed E-state index contributed by atoms with van der Waals surface area (Å²) in [5, 5.41) is 0. The first-order chi connectivity index (χ1) is 8.83. The van der Waals surface area contributed by atoms with Crippen LogP contribution < -0.4 is 9.47 Å². The van der Waals surface area contributed by atoms with Gasteiger partial charge < -0.3 is 9.47 Å². The van der Waals surface area contributed by atoms with Gasteiger partial charge in [-0.25, -0.2) is 0 Å². The lowest BCUT2D eigenvalue weighted by atomic mass is 10.1. The molecule has 2 aromatic rings. The highest BCUT2D eigenvalue weighted by Gasteiger charge is 2.02. The largest absolute Gasteiger partial charge is 0.494 e. The van der Waals surface area contributed by atoms with Crippen LogP contribution in [-0.2, 0) is 0 Å². The van der Waals surface area contributed by atoms with Crippen LogP contribution in [0.5, 0.6) is 11.5 Å². The van der Waals surface area contributed by atoms with Crippen LogP contribution in [0.1, 0.15) is 13.8 Å². The highest BCUT2D eigenvalue weighted by Crippen LogP contribution is 2.26. The van der Waals surface area contributed by atoms with Crippen molar-refractivity contribution in [3.05, 3.63) is 48.5 Å². The molecule has 0 N–H and O–H groups in total. The van der Waals surface area contributed by atoms with E-state index in [0.29, 0.717) is 13.2 Å². The monoisotopic (exact) mass is 240 g/mol. The van der Waals surface area contributed by atoms with E-state index in [1.54, 1.807) is 0 Å². The Balaban J connectivity index is 2.29. The molecule has 2 aromatic carbocycles. The van der Waals surface area contributed by atoms with Crippen molar-refractivity contribution >= 4 is 0 Å². The molecular formula is C16H16O2. The summed E-state index contributed by atoms with van der Waals surface area (Å²) in [5.74, 6) is 1.70. The first-order valence-electron chi connectivity index (χ1n) is 6.13. The highest BCUT2D eigenvalue weighted by molar-refractivity contribution is 5.65. The Morgan fingerprint density at radius 3 is 1.67 bits per heavy atom. The second kappa shape index (κ2) is 6.10. The number of hydrogen-bond acceptors (Lipinski definition) is 2. The average molecular weight is 240 g/mol. The lowest BCUT2D eigenvalue weighted by molar-refractivity contribution is 0.339. The third kappa shape index (κ3) is 3.04. The van der Waals surface area contributed by atoms with E-state index in [1.165, 1.54) is 0 Å². The van der Waals surface area contributed by atoms with E-state index >= 15 is 0 Å². The van der Waals surface area contributed by atoms with Crippen LogP contribution in [0.3, 0.4) is 0 Å². The molecule has 0 bridgehead atoms. The maximum absolute atomic E-state index is 5.48. The minimum absolute atomic E-state index is 0.659. The molecule has 0 saturated heterocycles. The van der Waals surface area contributed by atoms with Crippen LogP contribution in [0.15, 0.2) is 36.4 Å². The predicted octanol–water partition coefficient (Wildman–Crippen LogP) is 3.75. The van der Waals surface area contributed by atoms with Crippen molar-refractivity contribution < 1.29 is 9.47 Å². The van der Waals surface area contributed by atoms with Crippen LogP contribution in [0, 0.1) is 12.1 Å². The first kappa shape index (κ1) is 12.5. The summed E-state index contributed by atoms with van der Waals surface area (Å²) in [6.07, 6.45) is 0. The SMILES string of the molecule is CCOc1cc[c]c(-c2[c]ccc(OCC)c2)c1. The van der Waals surface area contributed by atoms with Crippen LogP contribution >= 0.6 is 0 Å². The summed E-state index contributed by atoms with van der Waals surface area (Å²) in [6, 6.07) is 17.8. The lowest BCUT2D eigenvalue weighted by Crippen LogP contribution is -1.93. The molecule has 0 fully saturated rings. The minimum atomic E-state index is 0.659. The van der Waals surface area contributed by atoms with Gasteiger partial charge in [0.2, 0.25) is 0 Å². The fourth-order valence-corrected chi connectivity index (χ4v) is 1.72. The molecule has 0 unspecified atom stereocenters. The van der Waals surface area contributed by atoms with Gasteiger partial charge in [-0.2, -0.15) is 0 Å². The lowest BCUT2D eigenvalue weighted by Gasteiger charge is -2.07. The standard InChI is InChI=1S/C16H16O2/c1-3-17-15-9-5-7-13(11-15)14-8-6-10-16(12-14)18-4-2/h5-6,9-12H,3-4H2,1-2H3. The number of rotatable bonds is 5. The molecule has 0 spiro atoms. The Hall–Kier alpha value is -1.96. The van der Waals surface area contributed by atoms with E-state index in [4.69, 9.17) is 9.47 Å². The van der Waals surface area contributed by atoms with Crippen molar-refractivity contribution in [2.24, 2.45) is 0 Å². The predicted molar refractivity (Wildman–Crippen MR) is 71.9 cm³/mol. The van der Waals surface area contributed by atoms with E-state index in [9.17, 15) is 0 Å². The molecule has 18 heavy (non-hydrogen) atoms. The highest BCUT2D eigenvalue weighted by atomic mass is 16.5. The van der Waals surface area contributed by atoms with Crippen molar-refractivity contribution in [2.45, 2.75) is 13.8 Å². The zero-order valence-electron chi connectivity index (χ0n) is 10.7. The third-order valence-electron chi connectivity index (χ3n) is 2.46. The van der Waals surface area contributed by atoms with E-state index in [0.717, 1.165) is 22.6 Å². The number of hydrogen-bond donors (Lipinski definition) is 0. The zero-order chi connectivity index (χ0) is 12.8. The van der Waals surface area contributed by atoms with Crippen LogP contribution in [0.25, 0.3) is 11.1 Å². The summed E-state index contributed by atoms with van der Waals surface area (Å²) >= 11 is 0. The van der Waals surface area contributed by atoms with Crippen molar-refractivity contribution in [1.29, 1.82) is 0 Å². The van der Waals surface area contributed by atoms with Gasteiger partial charge in [0.25, 0.3) is 0 Å². The van der Waals surface area contributed by atoms with E-state index in [-0.39, 0.29) is 0 Å². The number of ether oxygens (including phenoxy) is 2. The van der Waals surface area contributed by atoms with E-state index < -0.39 is 0 Å². The van der Waals surface area contributed by atoms with Crippen LogP contribution in [0.2, 0.25) is 0 Å². The van der Waals surface area contributed by atoms with Gasteiger partial charge >= 0.3 is 0 Å². The summed E-state index contributed by atoms with van der Waals surface area (Å²) in [4.78, 5) is 0. The Kier molecular flexibility index (Phi) is 4.24. The van der Waals surface area contributed by atoms with Gasteiger partial charge in [0.15, 0.2) is 0 Å². The average Bonchev–Trinajstić information content (AvgIpc) is 2.40. The van der Waals surface area contributed by atoms with Crippen molar-refractivity contribution in [3.8, 4) is 22.6 Å². The molecule has 0 aliphatic rings. The van der Waals surface area contributed by atoms with E-state index in [1.807, 2.05) is 50.2 Å². The maximum Gasteiger partial charge on any atom is 0.119 e. The molecule has 2 rings (SSSR count). The number of benzene rings is 2. The van der Waals surface area contributed by atoms with Gasteiger partial charge in [-0.15, -0.1) is 0 Å². The fraction of sp³-hybridized carbons (Fsp3) is 0.250. The van der Waals surface area contributed by atoms with Gasteiger partial charge in [-0.1, -0.05) is 12.1 Å². The zero-order valence-corrected chi connectivity index (χ0v) is 10.7. The normalized spacial score (nSPS) is 10.1. The van der Waals surface area contributed by atoms with Gasteiger partial charge in [-0.05, 0) is 61.4 Å². The Labute approximate surface area is 108 Å². The molecule has 2 heteroatoms. The third-order valence-corrected chi connectivity index (χ3v) is 2.46. The maximum atomic E-state index is 5.48. The van der Waals surface area contributed by atoms with Gasteiger partial charge in [-0.3, -0.25) is 0 Å². The Bertz CT molecular complexity index is 458. The molecule has 0 heterocycles. The van der Waals surface area contributed by atoms with Crippen LogP contribution in [-0.4, -0.2) is 13.2 Å². The Morgan fingerprint density at radius 1 is 0.833 bits per heavy atom. The van der Waals surface area contributed by atoms with Crippen LogP contribution in [0.4, 0.5) is 0 Å². The molecule has 0 atom stereocenters. The van der Waals surface area contributed by atoms with Gasteiger partial charge in [0.1, 0.15) is 11.5 Å². The molecule has 2 radical (unpaired) electrons. The molecule has 0 amide bonds. The second-order valence-corrected chi connectivity index (χ2v) is 3.74. The quantitative estimate of drug-likeness (QED) is 0.792. The van der Waals surface area contributed by atoms with Gasteiger partial charge in [0.05, 0.1) is 13.2 Å². The molecule has 2 nitrogen and oxygen atoms in total. The van der Waals surface area contributed by atoms with E-state index in [2.05, 4.69) is 12.1 Å². The van der Waals surface area contributed by atoms with Crippen molar-refractivity contribution in [2.75, 3.05) is 13.2 Å². The molecule has 0 saturated carbocycles. The fourth-order valence-electron chi connectivity index (χ4n) is 1.72. The molecule has 92 valence electrons. The first-order valence-corrected chi connectivity index (χ1v) is 6.13. The smallest absolute Gasteiger partial charge is 0.119 e. The topological polar surface area (TPSA) is 18.5 Å².